The third kappa shape index (κ3) is 5.00. The highest BCUT2D eigenvalue weighted by atomic mass is 35.5. The lowest BCUT2D eigenvalue weighted by molar-refractivity contribution is 0.236. The molecule has 0 radical (unpaired) electrons. The summed E-state index contributed by atoms with van der Waals surface area (Å²) >= 11 is 6.34. The second-order valence-electron chi connectivity index (χ2n) is 9.12. The molecule has 0 aromatic heterocycles. The Hall–Kier alpha value is -2.00. The van der Waals surface area contributed by atoms with Gasteiger partial charge in [0.05, 0.1) is 12.6 Å². The van der Waals surface area contributed by atoms with Gasteiger partial charge in [-0.15, -0.1) is 18.2 Å². The number of aliphatic imine (C=N–C) groups is 4. The van der Waals surface area contributed by atoms with Crippen LogP contribution in [0.1, 0.15) is 45.4 Å². The maximum absolute atomic E-state index is 9.13. The van der Waals surface area contributed by atoms with Gasteiger partial charge in [-0.3, -0.25) is 9.98 Å². The molecule has 1 aliphatic carbocycles. The summed E-state index contributed by atoms with van der Waals surface area (Å²) in [6, 6.07) is 2.03. The van der Waals surface area contributed by atoms with Crippen LogP contribution in [0.4, 0.5) is 0 Å². The van der Waals surface area contributed by atoms with E-state index in [2.05, 4.69) is 32.5 Å². The number of hydrogen-bond donors (Lipinski definition) is 0. The SMILES string of the molecule is C=CC1(Cl)C=NC(N2CCC(C3CC3CCN=C3CC(C)=NC(C#N)C3)CC2)=NC1. The number of nitriles is 1. The minimum Gasteiger partial charge on any atom is -0.341 e. The van der Waals surface area contributed by atoms with E-state index < -0.39 is 4.87 Å². The summed E-state index contributed by atoms with van der Waals surface area (Å²) in [5, 5.41) is 9.13. The quantitative estimate of drug-likeness (QED) is 0.493. The summed E-state index contributed by atoms with van der Waals surface area (Å²) in [4.78, 5) is 19.9. The van der Waals surface area contributed by atoms with E-state index in [0.29, 0.717) is 13.0 Å². The van der Waals surface area contributed by atoms with Crippen molar-refractivity contribution >= 4 is 35.2 Å². The molecule has 2 fully saturated rings. The van der Waals surface area contributed by atoms with Crippen LogP contribution in [0.25, 0.3) is 0 Å². The molecule has 0 bridgehead atoms. The highest BCUT2D eigenvalue weighted by molar-refractivity contribution is 6.35. The second kappa shape index (κ2) is 9.01. The van der Waals surface area contributed by atoms with E-state index in [1.54, 1.807) is 12.3 Å². The van der Waals surface area contributed by atoms with Crippen LogP contribution in [0.5, 0.6) is 0 Å². The molecular formula is C23H31ClN6. The lowest BCUT2D eigenvalue weighted by Gasteiger charge is -2.34. The largest absolute Gasteiger partial charge is 0.341 e. The summed E-state index contributed by atoms with van der Waals surface area (Å²) in [7, 11) is 0. The summed E-state index contributed by atoms with van der Waals surface area (Å²) in [5.74, 6) is 3.34. The Morgan fingerprint density at radius 1 is 1.43 bits per heavy atom. The lowest BCUT2D eigenvalue weighted by Crippen LogP contribution is -2.41. The lowest BCUT2D eigenvalue weighted by atomic mass is 9.90. The van der Waals surface area contributed by atoms with Crippen molar-refractivity contribution in [3.8, 4) is 6.07 Å². The van der Waals surface area contributed by atoms with E-state index >= 15 is 0 Å². The molecule has 3 heterocycles. The minimum absolute atomic E-state index is 0.230. The first kappa shape index (κ1) is 21.2. The Kier molecular flexibility index (Phi) is 6.38. The zero-order valence-corrected chi connectivity index (χ0v) is 18.6. The predicted octanol–water partition coefficient (Wildman–Crippen LogP) is 3.92. The van der Waals surface area contributed by atoms with Gasteiger partial charge in [0, 0.05) is 50.1 Å². The minimum atomic E-state index is -0.620. The number of likely N-dealkylation sites (tertiary alicyclic amines) is 1. The van der Waals surface area contributed by atoms with Crippen molar-refractivity contribution in [3.63, 3.8) is 0 Å². The van der Waals surface area contributed by atoms with E-state index in [0.717, 1.165) is 61.2 Å². The normalized spacial score (nSPS) is 35.6. The third-order valence-corrected chi connectivity index (χ3v) is 7.22. The Bertz CT molecular complexity index is 829. The standard InChI is InChI=1S/C23H31ClN6/c1-3-23(24)14-27-22(28-15-23)30-8-5-17(6-9-30)21-11-18(21)4-7-26-19-10-16(2)29-20(12-19)13-25/h3,14,17-18,20-21H,1,4-12,15H2,2H3. The van der Waals surface area contributed by atoms with Crippen molar-refractivity contribution in [2.24, 2.45) is 37.7 Å². The fourth-order valence-corrected chi connectivity index (χ4v) is 5.09. The van der Waals surface area contributed by atoms with Crippen molar-refractivity contribution in [1.82, 2.24) is 4.90 Å². The molecule has 0 aromatic rings. The smallest absolute Gasteiger partial charge is 0.220 e. The van der Waals surface area contributed by atoms with Gasteiger partial charge in [-0.25, -0.2) is 9.98 Å². The van der Waals surface area contributed by atoms with Gasteiger partial charge in [-0.1, -0.05) is 6.08 Å². The van der Waals surface area contributed by atoms with Gasteiger partial charge in [0.25, 0.3) is 0 Å². The van der Waals surface area contributed by atoms with Crippen LogP contribution in [-0.4, -0.2) is 65.6 Å². The average molecular weight is 427 g/mol. The van der Waals surface area contributed by atoms with Crippen LogP contribution in [0.3, 0.4) is 0 Å². The second-order valence-corrected chi connectivity index (χ2v) is 9.82. The number of guanidine groups is 1. The van der Waals surface area contributed by atoms with Gasteiger partial charge in [0.2, 0.25) is 5.96 Å². The molecular weight excluding hydrogens is 396 g/mol. The summed E-state index contributed by atoms with van der Waals surface area (Å²) in [6.45, 7) is 9.24. The fourth-order valence-electron chi connectivity index (χ4n) is 4.98. The summed E-state index contributed by atoms with van der Waals surface area (Å²) < 4.78 is 0. The first-order valence-electron chi connectivity index (χ1n) is 11.1. The molecule has 6 nitrogen and oxygen atoms in total. The first-order chi connectivity index (χ1) is 14.5. The van der Waals surface area contributed by atoms with Crippen LogP contribution < -0.4 is 0 Å². The number of piperidine rings is 1. The molecule has 1 saturated carbocycles. The number of hydrogen-bond acceptors (Lipinski definition) is 6. The number of nitrogens with zero attached hydrogens (tertiary/aromatic N) is 6. The zero-order chi connectivity index (χ0) is 21.1. The Morgan fingerprint density at radius 3 is 2.90 bits per heavy atom. The molecule has 0 spiro atoms. The van der Waals surface area contributed by atoms with Crippen molar-refractivity contribution < 1.29 is 0 Å². The summed E-state index contributed by atoms with van der Waals surface area (Å²) in [5.41, 5.74) is 2.20. The predicted molar refractivity (Wildman–Crippen MR) is 124 cm³/mol. The molecule has 160 valence electrons. The molecule has 4 unspecified atom stereocenters. The molecule has 0 aromatic carbocycles. The molecule has 7 heteroatoms. The average Bonchev–Trinajstić information content (AvgIpc) is 3.53. The molecule has 3 aliphatic heterocycles. The molecule has 0 amide bonds. The Balaban J connectivity index is 1.18. The molecule has 4 atom stereocenters. The van der Waals surface area contributed by atoms with Gasteiger partial charge >= 0.3 is 0 Å². The van der Waals surface area contributed by atoms with Crippen LogP contribution in [0.15, 0.2) is 32.6 Å². The van der Waals surface area contributed by atoms with Crippen LogP contribution >= 0.6 is 11.6 Å². The highest BCUT2D eigenvalue weighted by Gasteiger charge is 2.43. The molecule has 30 heavy (non-hydrogen) atoms. The van der Waals surface area contributed by atoms with Crippen molar-refractivity contribution in [2.75, 3.05) is 26.2 Å². The summed E-state index contributed by atoms with van der Waals surface area (Å²) in [6.07, 6.45) is 10.00. The maximum atomic E-state index is 9.13. The number of alkyl halides is 1. The van der Waals surface area contributed by atoms with E-state index in [4.69, 9.17) is 21.9 Å². The zero-order valence-electron chi connectivity index (χ0n) is 17.8. The van der Waals surface area contributed by atoms with Crippen LogP contribution in [0, 0.1) is 29.1 Å². The topological polar surface area (TPSA) is 76.5 Å². The fraction of sp³-hybridized carbons (Fsp3) is 0.696. The van der Waals surface area contributed by atoms with E-state index in [9.17, 15) is 0 Å². The van der Waals surface area contributed by atoms with Gasteiger partial charge in [0.15, 0.2) is 0 Å². The maximum Gasteiger partial charge on any atom is 0.220 e. The molecule has 4 aliphatic rings. The molecule has 1 saturated heterocycles. The van der Waals surface area contributed by atoms with Crippen molar-refractivity contribution in [3.05, 3.63) is 12.7 Å². The first-order valence-corrected chi connectivity index (χ1v) is 11.5. The van der Waals surface area contributed by atoms with Crippen LogP contribution in [0.2, 0.25) is 0 Å². The van der Waals surface area contributed by atoms with E-state index in [1.165, 1.54) is 25.7 Å². The Labute approximate surface area is 184 Å². The van der Waals surface area contributed by atoms with Crippen molar-refractivity contribution in [2.45, 2.75) is 56.4 Å². The number of halogens is 1. The van der Waals surface area contributed by atoms with Crippen molar-refractivity contribution in [1.29, 1.82) is 5.26 Å². The van der Waals surface area contributed by atoms with Gasteiger partial charge in [-0.2, -0.15) is 5.26 Å². The molecule has 0 N–H and O–H groups in total. The van der Waals surface area contributed by atoms with E-state index in [-0.39, 0.29) is 6.04 Å². The Morgan fingerprint density at radius 2 is 2.23 bits per heavy atom. The van der Waals surface area contributed by atoms with Gasteiger partial charge < -0.3 is 4.90 Å². The highest BCUT2D eigenvalue weighted by Crippen LogP contribution is 2.49. The van der Waals surface area contributed by atoms with E-state index in [1.807, 2.05) is 6.92 Å². The third-order valence-electron chi connectivity index (χ3n) is 6.85. The van der Waals surface area contributed by atoms with Gasteiger partial charge in [0.1, 0.15) is 10.9 Å². The van der Waals surface area contributed by atoms with Gasteiger partial charge in [-0.05, 0) is 50.4 Å². The monoisotopic (exact) mass is 426 g/mol. The van der Waals surface area contributed by atoms with Crippen LogP contribution in [-0.2, 0) is 0 Å². The molecule has 4 rings (SSSR count). The number of rotatable bonds is 5.